The van der Waals surface area contributed by atoms with Gasteiger partial charge in [-0.05, 0) is 43.5 Å². The van der Waals surface area contributed by atoms with Crippen LogP contribution in [0.5, 0.6) is 0 Å². The number of nitrogens with one attached hydrogen (secondary N) is 1. The van der Waals surface area contributed by atoms with Crippen LogP contribution in [0.25, 0.3) is 0 Å². The number of allylic oxidation sites excluding steroid dienone is 1. The number of nitrogen functional groups attached to an aromatic ring is 1. The molecule has 0 radical (unpaired) electrons. The van der Waals surface area contributed by atoms with E-state index in [0.29, 0.717) is 30.1 Å². The van der Waals surface area contributed by atoms with Gasteiger partial charge in [0.05, 0.1) is 5.56 Å². The van der Waals surface area contributed by atoms with E-state index in [2.05, 4.69) is 15.4 Å². The van der Waals surface area contributed by atoms with E-state index in [1.165, 1.54) is 10.7 Å². The number of fused-ring (bicyclic) bond motifs is 1. The Hall–Kier alpha value is -2.62. The summed E-state index contributed by atoms with van der Waals surface area (Å²) in [6, 6.07) is 2.94. The average Bonchev–Trinajstić information content (AvgIpc) is 3.24. The minimum absolute atomic E-state index is 0.0137. The first kappa shape index (κ1) is 16.8. The second-order valence-corrected chi connectivity index (χ2v) is 6.76. The van der Waals surface area contributed by atoms with E-state index in [1.807, 2.05) is 0 Å². The van der Waals surface area contributed by atoms with Crippen molar-refractivity contribution in [1.82, 2.24) is 14.8 Å². The number of benzene rings is 1. The number of halogens is 4. The lowest BCUT2D eigenvalue weighted by Crippen LogP contribution is -2.54. The molecular weight excluding hydrogens is 352 g/mol. The molecule has 6 nitrogen and oxygen atoms in total. The van der Waals surface area contributed by atoms with Gasteiger partial charge in [0, 0.05) is 11.1 Å². The first-order valence-corrected chi connectivity index (χ1v) is 7.92. The summed E-state index contributed by atoms with van der Waals surface area (Å²) in [4.78, 5) is 4.07. The molecule has 2 aromatic rings. The zero-order valence-electron chi connectivity index (χ0n) is 13.7. The summed E-state index contributed by atoms with van der Waals surface area (Å²) in [5.74, 6) is -0.971. The highest BCUT2D eigenvalue weighted by Crippen LogP contribution is 2.59. The van der Waals surface area contributed by atoms with Gasteiger partial charge in [-0.1, -0.05) is 6.07 Å². The number of rotatable bonds is 2. The van der Waals surface area contributed by atoms with Crippen LogP contribution in [0, 0.1) is 5.82 Å². The Kier molecular flexibility index (Phi) is 3.22. The molecule has 1 atom stereocenters. The SMILES string of the molecule is CC1=CC(N)(C2(c3ccc(C(F)(F)F)c(F)c3)CC2)n2nc(N)nc2N1. The van der Waals surface area contributed by atoms with Crippen LogP contribution < -0.4 is 16.8 Å². The number of aromatic nitrogens is 3. The van der Waals surface area contributed by atoms with E-state index in [9.17, 15) is 17.6 Å². The van der Waals surface area contributed by atoms with Crippen LogP contribution >= 0.6 is 0 Å². The van der Waals surface area contributed by atoms with Crippen molar-refractivity contribution < 1.29 is 17.6 Å². The van der Waals surface area contributed by atoms with E-state index in [4.69, 9.17) is 11.5 Å². The van der Waals surface area contributed by atoms with Crippen molar-refractivity contribution in [3.63, 3.8) is 0 Å². The van der Waals surface area contributed by atoms with Gasteiger partial charge in [-0.15, -0.1) is 5.10 Å². The van der Waals surface area contributed by atoms with Gasteiger partial charge in [0.1, 0.15) is 11.5 Å². The molecule has 4 rings (SSSR count). The maximum atomic E-state index is 14.1. The smallest absolute Gasteiger partial charge is 0.366 e. The third-order valence-corrected chi connectivity index (χ3v) is 5.06. The lowest BCUT2D eigenvalue weighted by molar-refractivity contribution is -0.140. The highest BCUT2D eigenvalue weighted by molar-refractivity contribution is 5.49. The van der Waals surface area contributed by atoms with Gasteiger partial charge in [-0.3, -0.25) is 0 Å². The second kappa shape index (κ2) is 4.97. The fourth-order valence-corrected chi connectivity index (χ4v) is 3.70. The van der Waals surface area contributed by atoms with Crippen LogP contribution in [-0.4, -0.2) is 14.8 Å². The minimum Gasteiger partial charge on any atom is -0.366 e. The molecule has 1 aliphatic carbocycles. The highest BCUT2D eigenvalue weighted by Gasteiger charge is 2.61. The number of nitrogens with zero attached hydrogens (tertiary/aromatic N) is 3. The zero-order valence-corrected chi connectivity index (χ0v) is 13.7. The van der Waals surface area contributed by atoms with Crippen LogP contribution in [0.4, 0.5) is 29.5 Å². The van der Waals surface area contributed by atoms with Crippen molar-refractivity contribution in [1.29, 1.82) is 0 Å². The Morgan fingerprint density at radius 2 is 1.96 bits per heavy atom. The predicted octanol–water partition coefficient (Wildman–Crippen LogP) is 2.69. The minimum atomic E-state index is -4.75. The number of hydrogen-bond donors (Lipinski definition) is 3. The van der Waals surface area contributed by atoms with E-state index < -0.39 is 28.6 Å². The van der Waals surface area contributed by atoms with Crippen LogP contribution in [0.1, 0.15) is 30.9 Å². The molecule has 10 heteroatoms. The third-order valence-electron chi connectivity index (χ3n) is 5.06. The molecule has 26 heavy (non-hydrogen) atoms. The Morgan fingerprint density at radius 3 is 2.54 bits per heavy atom. The monoisotopic (exact) mass is 368 g/mol. The highest BCUT2D eigenvalue weighted by atomic mass is 19.4. The molecule has 1 aromatic heterocycles. The molecule has 1 aromatic carbocycles. The molecular formula is C16H16F4N6. The molecule has 5 N–H and O–H groups in total. The first-order valence-electron chi connectivity index (χ1n) is 7.92. The lowest BCUT2D eigenvalue weighted by Gasteiger charge is -2.39. The Morgan fingerprint density at radius 1 is 1.27 bits per heavy atom. The molecule has 0 amide bonds. The van der Waals surface area contributed by atoms with E-state index in [1.54, 1.807) is 13.0 Å². The van der Waals surface area contributed by atoms with Gasteiger partial charge in [0.25, 0.3) is 0 Å². The number of anilines is 2. The summed E-state index contributed by atoms with van der Waals surface area (Å²) in [5, 5.41) is 7.12. The summed E-state index contributed by atoms with van der Waals surface area (Å²) >= 11 is 0. The molecule has 1 fully saturated rings. The fraction of sp³-hybridized carbons (Fsp3) is 0.375. The molecule has 2 heterocycles. The summed E-state index contributed by atoms with van der Waals surface area (Å²) in [7, 11) is 0. The van der Waals surface area contributed by atoms with Crippen LogP contribution in [0.2, 0.25) is 0 Å². The zero-order chi connectivity index (χ0) is 18.9. The summed E-state index contributed by atoms with van der Waals surface area (Å²) in [5.41, 5.74) is 10.1. The summed E-state index contributed by atoms with van der Waals surface area (Å²) in [6.07, 6.45) is -1.90. The van der Waals surface area contributed by atoms with Crippen molar-refractivity contribution in [3.8, 4) is 0 Å². The quantitative estimate of drug-likeness (QED) is 0.709. The molecule has 0 bridgehead atoms. The number of nitrogens with two attached hydrogens (primary N) is 2. The molecule has 0 saturated heterocycles. The largest absolute Gasteiger partial charge is 0.419 e. The third kappa shape index (κ3) is 2.21. The molecule has 0 spiro atoms. The van der Waals surface area contributed by atoms with Gasteiger partial charge in [0.2, 0.25) is 11.9 Å². The first-order chi connectivity index (χ1) is 12.1. The average molecular weight is 368 g/mol. The Balaban J connectivity index is 1.85. The van der Waals surface area contributed by atoms with Crippen molar-refractivity contribution in [2.45, 2.75) is 37.0 Å². The summed E-state index contributed by atoms with van der Waals surface area (Å²) in [6.45, 7) is 1.78. The fourth-order valence-electron chi connectivity index (χ4n) is 3.70. The van der Waals surface area contributed by atoms with E-state index in [0.717, 1.165) is 12.1 Å². The second-order valence-electron chi connectivity index (χ2n) is 6.76. The van der Waals surface area contributed by atoms with Gasteiger partial charge in [-0.2, -0.15) is 18.2 Å². The van der Waals surface area contributed by atoms with Gasteiger partial charge in [-0.25, -0.2) is 9.07 Å². The summed E-state index contributed by atoms with van der Waals surface area (Å²) < 4.78 is 54.1. The maximum Gasteiger partial charge on any atom is 0.419 e. The molecule has 138 valence electrons. The van der Waals surface area contributed by atoms with Crippen molar-refractivity contribution in [3.05, 3.63) is 46.9 Å². The number of hydrogen-bond acceptors (Lipinski definition) is 5. The van der Waals surface area contributed by atoms with Crippen molar-refractivity contribution in [2.75, 3.05) is 11.1 Å². The Bertz CT molecular complexity index is 927. The maximum absolute atomic E-state index is 14.1. The predicted molar refractivity (Wildman–Crippen MR) is 86.3 cm³/mol. The van der Waals surface area contributed by atoms with Crippen LogP contribution in [0.3, 0.4) is 0 Å². The number of alkyl halides is 3. The van der Waals surface area contributed by atoms with Gasteiger partial charge >= 0.3 is 6.18 Å². The standard InChI is InChI=1S/C16H16F4N6/c1-8-7-15(22,26-13(23-8)24-12(21)25-26)14(4-5-14)9-2-3-10(11(17)6-9)16(18,19)20/h2-3,6-7H,4-5,22H2,1H3,(H3,21,23,24,25). The Labute approximate surface area is 145 Å². The molecule has 1 aliphatic heterocycles. The van der Waals surface area contributed by atoms with Crippen molar-refractivity contribution in [2.24, 2.45) is 5.73 Å². The van der Waals surface area contributed by atoms with Crippen LogP contribution in [-0.2, 0) is 17.3 Å². The van der Waals surface area contributed by atoms with E-state index in [-0.39, 0.29) is 5.95 Å². The van der Waals surface area contributed by atoms with E-state index >= 15 is 0 Å². The molecule has 1 saturated carbocycles. The van der Waals surface area contributed by atoms with Crippen molar-refractivity contribution >= 4 is 11.9 Å². The topological polar surface area (TPSA) is 94.8 Å². The lowest BCUT2D eigenvalue weighted by atomic mass is 9.81. The van der Waals surface area contributed by atoms with Gasteiger partial charge < -0.3 is 16.8 Å². The van der Waals surface area contributed by atoms with Crippen LogP contribution in [0.15, 0.2) is 30.0 Å². The molecule has 2 aliphatic rings. The molecule has 1 unspecified atom stereocenters. The normalized spacial score (nSPS) is 23.8. The van der Waals surface area contributed by atoms with Gasteiger partial charge in [0.15, 0.2) is 0 Å².